The van der Waals surface area contributed by atoms with Crippen molar-refractivity contribution in [3.8, 4) is 0 Å². The van der Waals surface area contributed by atoms with Crippen molar-refractivity contribution in [1.82, 2.24) is 9.80 Å². The highest BCUT2D eigenvalue weighted by Gasteiger charge is 2.43. The molecule has 0 radical (unpaired) electrons. The van der Waals surface area contributed by atoms with Crippen molar-refractivity contribution in [1.29, 1.82) is 0 Å². The molecule has 3 rings (SSSR count). The van der Waals surface area contributed by atoms with Crippen LogP contribution < -0.4 is 0 Å². The Morgan fingerprint density at radius 2 is 1.37 bits per heavy atom. The van der Waals surface area contributed by atoms with Gasteiger partial charge in [-0.1, -0.05) is 20.3 Å². The molecule has 112 valence electrons. The molecule has 1 aliphatic carbocycles. The van der Waals surface area contributed by atoms with Gasteiger partial charge in [-0.25, -0.2) is 0 Å². The summed E-state index contributed by atoms with van der Waals surface area (Å²) in [5, 5.41) is 0. The van der Waals surface area contributed by atoms with Gasteiger partial charge in [-0.15, -0.1) is 0 Å². The quantitative estimate of drug-likeness (QED) is 0.767. The Hall–Kier alpha value is -0.0800. The van der Waals surface area contributed by atoms with E-state index >= 15 is 0 Å². The third-order valence-corrected chi connectivity index (χ3v) is 5.31. The predicted molar refractivity (Wildman–Crippen MR) is 83.6 cm³/mol. The molecule has 0 aromatic carbocycles. The Bertz CT molecular complexity index is 229. The minimum absolute atomic E-state index is 0.867. The maximum absolute atomic E-state index is 2.57. The Balaban J connectivity index is 0.000000141. The van der Waals surface area contributed by atoms with Gasteiger partial charge in [0.25, 0.3) is 0 Å². The third-order valence-electron chi connectivity index (χ3n) is 5.31. The fourth-order valence-electron chi connectivity index (χ4n) is 3.52. The minimum atomic E-state index is 0.867. The van der Waals surface area contributed by atoms with Crippen LogP contribution in [-0.2, 0) is 0 Å². The SMILES string of the molecule is CCCN1CCCCC1.CCN1CCC2(CC1)CC2. The summed E-state index contributed by atoms with van der Waals surface area (Å²) in [6.45, 7) is 12.6. The van der Waals surface area contributed by atoms with Gasteiger partial charge in [0.2, 0.25) is 0 Å². The molecule has 1 spiro atoms. The Kier molecular flexibility index (Phi) is 6.15. The maximum Gasteiger partial charge on any atom is -0.00135 e. The molecule has 3 fully saturated rings. The fraction of sp³-hybridized carbons (Fsp3) is 1.00. The number of rotatable bonds is 3. The van der Waals surface area contributed by atoms with Crippen molar-refractivity contribution in [2.45, 2.75) is 65.2 Å². The molecular formula is C17H34N2. The van der Waals surface area contributed by atoms with Crippen LogP contribution in [0.5, 0.6) is 0 Å². The van der Waals surface area contributed by atoms with Gasteiger partial charge in [0.05, 0.1) is 0 Å². The molecule has 0 unspecified atom stereocenters. The predicted octanol–water partition coefficient (Wildman–Crippen LogP) is 3.76. The summed E-state index contributed by atoms with van der Waals surface area (Å²) in [6, 6.07) is 0. The summed E-state index contributed by atoms with van der Waals surface area (Å²) in [4.78, 5) is 5.15. The lowest BCUT2D eigenvalue weighted by atomic mass is 9.94. The van der Waals surface area contributed by atoms with Gasteiger partial charge >= 0.3 is 0 Å². The van der Waals surface area contributed by atoms with Gasteiger partial charge in [0, 0.05) is 0 Å². The van der Waals surface area contributed by atoms with Crippen LogP contribution in [0.4, 0.5) is 0 Å². The average Bonchev–Trinajstić information content (AvgIpc) is 3.22. The molecule has 2 aliphatic heterocycles. The number of likely N-dealkylation sites (tertiary alicyclic amines) is 2. The van der Waals surface area contributed by atoms with E-state index in [-0.39, 0.29) is 0 Å². The van der Waals surface area contributed by atoms with Gasteiger partial charge in [-0.05, 0) is 89.6 Å². The zero-order chi connectivity index (χ0) is 13.6. The second-order valence-electron chi connectivity index (χ2n) is 6.84. The zero-order valence-electron chi connectivity index (χ0n) is 13.3. The molecule has 0 aromatic rings. The smallest absolute Gasteiger partial charge is 0.00135 e. The third kappa shape index (κ3) is 5.07. The highest BCUT2D eigenvalue weighted by Crippen LogP contribution is 2.53. The lowest BCUT2D eigenvalue weighted by molar-refractivity contribution is 0.180. The lowest BCUT2D eigenvalue weighted by Gasteiger charge is -2.30. The number of piperidine rings is 2. The van der Waals surface area contributed by atoms with Crippen LogP contribution >= 0.6 is 0 Å². The molecule has 2 nitrogen and oxygen atoms in total. The van der Waals surface area contributed by atoms with Crippen molar-refractivity contribution in [3.05, 3.63) is 0 Å². The van der Waals surface area contributed by atoms with Gasteiger partial charge in [0.1, 0.15) is 0 Å². The summed E-state index contributed by atoms with van der Waals surface area (Å²) in [5.41, 5.74) is 0.867. The second kappa shape index (κ2) is 7.64. The lowest BCUT2D eigenvalue weighted by Crippen LogP contribution is -2.34. The van der Waals surface area contributed by atoms with Gasteiger partial charge in [-0.3, -0.25) is 0 Å². The van der Waals surface area contributed by atoms with E-state index in [0.717, 1.165) is 5.41 Å². The first-order valence-electron chi connectivity index (χ1n) is 8.73. The van der Waals surface area contributed by atoms with Gasteiger partial charge < -0.3 is 9.80 Å². The first-order valence-corrected chi connectivity index (χ1v) is 8.73. The van der Waals surface area contributed by atoms with Crippen molar-refractivity contribution < 1.29 is 0 Å². The van der Waals surface area contributed by atoms with Crippen LogP contribution in [0.3, 0.4) is 0 Å². The second-order valence-corrected chi connectivity index (χ2v) is 6.84. The molecule has 0 bridgehead atoms. The molecule has 0 amide bonds. The minimum Gasteiger partial charge on any atom is -0.304 e. The maximum atomic E-state index is 2.57. The van der Waals surface area contributed by atoms with Crippen molar-refractivity contribution >= 4 is 0 Å². The topological polar surface area (TPSA) is 6.48 Å². The summed E-state index contributed by atoms with van der Waals surface area (Å²) < 4.78 is 0. The van der Waals surface area contributed by atoms with E-state index < -0.39 is 0 Å². The molecular weight excluding hydrogens is 232 g/mol. The van der Waals surface area contributed by atoms with E-state index in [9.17, 15) is 0 Å². The van der Waals surface area contributed by atoms with E-state index in [1.165, 1.54) is 90.6 Å². The monoisotopic (exact) mass is 266 g/mol. The van der Waals surface area contributed by atoms with Crippen LogP contribution in [0, 0.1) is 5.41 Å². The Labute approximate surface area is 120 Å². The van der Waals surface area contributed by atoms with E-state index in [2.05, 4.69) is 23.6 Å². The fourth-order valence-corrected chi connectivity index (χ4v) is 3.52. The highest BCUT2D eigenvalue weighted by atomic mass is 15.1. The van der Waals surface area contributed by atoms with Crippen LogP contribution in [0.1, 0.15) is 65.2 Å². The number of hydrogen-bond donors (Lipinski definition) is 0. The summed E-state index contributed by atoms with van der Waals surface area (Å²) >= 11 is 0. The van der Waals surface area contributed by atoms with Crippen LogP contribution in [0.15, 0.2) is 0 Å². The van der Waals surface area contributed by atoms with Crippen molar-refractivity contribution in [2.24, 2.45) is 5.41 Å². The number of nitrogens with zero attached hydrogens (tertiary/aromatic N) is 2. The number of hydrogen-bond acceptors (Lipinski definition) is 2. The largest absolute Gasteiger partial charge is 0.304 e. The first kappa shape index (κ1) is 15.3. The molecule has 1 saturated carbocycles. The summed E-state index contributed by atoms with van der Waals surface area (Å²) in [6.07, 6.45) is 11.7. The Morgan fingerprint density at radius 3 is 1.84 bits per heavy atom. The first-order chi connectivity index (χ1) is 9.28. The van der Waals surface area contributed by atoms with Crippen LogP contribution in [-0.4, -0.2) is 49.1 Å². The summed E-state index contributed by atoms with van der Waals surface area (Å²) in [7, 11) is 0. The standard InChI is InChI=1S/C9H17N.C8H17N/c1-2-10-7-5-9(3-4-9)6-8-10;1-2-6-9-7-4-3-5-8-9/h2-8H2,1H3;2-8H2,1H3. The molecule has 0 atom stereocenters. The van der Waals surface area contributed by atoms with E-state index in [1.54, 1.807) is 0 Å². The molecule has 0 N–H and O–H groups in total. The van der Waals surface area contributed by atoms with Gasteiger partial charge in [0.15, 0.2) is 0 Å². The normalized spacial score (nSPS) is 26.8. The van der Waals surface area contributed by atoms with Crippen LogP contribution in [0.25, 0.3) is 0 Å². The molecule has 2 saturated heterocycles. The zero-order valence-corrected chi connectivity index (χ0v) is 13.3. The Morgan fingerprint density at radius 1 is 0.737 bits per heavy atom. The molecule has 3 aliphatic rings. The van der Waals surface area contributed by atoms with E-state index in [4.69, 9.17) is 0 Å². The summed E-state index contributed by atoms with van der Waals surface area (Å²) in [5.74, 6) is 0. The van der Waals surface area contributed by atoms with E-state index in [1.807, 2.05) is 0 Å². The van der Waals surface area contributed by atoms with Gasteiger partial charge in [-0.2, -0.15) is 0 Å². The molecule has 19 heavy (non-hydrogen) atoms. The highest BCUT2D eigenvalue weighted by molar-refractivity contribution is 4.96. The molecule has 2 heterocycles. The van der Waals surface area contributed by atoms with Crippen LogP contribution in [0.2, 0.25) is 0 Å². The van der Waals surface area contributed by atoms with Crippen molar-refractivity contribution in [3.63, 3.8) is 0 Å². The van der Waals surface area contributed by atoms with Crippen molar-refractivity contribution in [2.75, 3.05) is 39.3 Å². The average molecular weight is 266 g/mol. The molecule has 0 aromatic heterocycles. The molecule has 2 heteroatoms. The van der Waals surface area contributed by atoms with E-state index in [0.29, 0.717) is 0 Å².